The van der Waals surface area contributed by atoms with Crippen molar-refractivity contribution in [1.29, 1.82) is 0 Å². The largest absolute Gasteiger partial charge is 0.462 e. The van der Waals surface area contributed by atoms with Crippen LogP contribution in [0.4, 0.5) is 0 Å². The number of esters is 3. The Bertz CT molecular complexity index is 1620. The first-order valence-electron chi connectivity index (χ1n) is 32.5. The van der Waals surface area contributed by atoms with Crippen LogP contribution in [0, 0.1) is 0 Å². The van der Waals surface area contributed by atoms with Crippen LogP contribution in [0.15, 0.2) is 122 Å². The summed E-state index contributed by atoms with van der Waals surface area (Å²) in [5.41, 5.74) is 0. The van der Waals surface area contributed by atoms with Gasteiger partial charge in [-0.15, -0.1) is 0 Å². The lowest BCUT2D eigenvalue weighted by Gasteiger charge is -2.18. The van der Waals surface area contributed by atoms with E-state index in [9.17, 15) is 14.4 Å². The second kappa shape index (κ2) is 65.3. The normalized spacial score (nSPS) is 12.9. The van der Waals surface area contributed by atoms with E-state index in [-0.39, 0.29) is 31.1 Å². The summed E-state index contributed by atoms with van der Waals surface area (Å²) in [4.78, 5) is 38.3. The topological polar surface area (TPSA) is 78.9 Å². The molecule has 0 amide bonds. The van der Waals surface area contributed by atoms with E-state index in [2.05, 4.69) is 142 Å². The fourth-order valence-electron chi connectivity index (χ4n) is 8.87. The maximum atomic E-state index is 12.9. The summed E-state index contributed by atoms with van der Waals surface area (Å²) in [6, 6.07) is 0. The van der Waals surface area contributed by atoms with Gasteiger partial charge in [0.05, 0.1) is 0 Å². The molecule has 0 N–H and O–H groups in total. The van der Waals surface area contributed by atoms with Crippen LogP contribution in [-0.2, 0) is 28.6 Å². The molecule has 444 valence electrons. The molecule has 0 saturated carbocycles. The molecule has 0 fully saturated rings. The SMILES string of the molecule is CC/C=C\C/C=C\C/C=C\C/C=C\C/C=C\C/C=C\CCCCCCCCCCCCC(=O)OCC(COC(=O)CCCCCCC/C=C\C/C=C\C/C=C\CC)OC(=O)CCCCCCC/C=C\CCCCCCCCC. The highest BCUT2D eigenvalue weighted by Gasteiger charge is 2.19. The maximum Gasteiger partial charge on any atom is 0.306 e. The average Bonchev–Trinajstić information content (AvgIpc) is 3.44. The molecular formula is C72H120O6. The van der Waals surface area contributed by atoms with Crippen molar-refractivity contribution in [2.24, 2.45) is 0 Å². The quantitative estimate of drug-likeness (QED) is 0.0261. The predicted molar refractivity (Wildman–Crippen MR) is 339 cm³/mol. The van der Waals surface area contributed by atoms with E-state index < -0.39 is 6.10 Å². The van der Waals surface area contributed by atoms with Gasteiger partial charge in [-0.25, -0.2) is 0 Å². The third-order valence-electron chi connectivity index (χ3n) is 13.7. The Morgan fingerprint density at radius 2 is 0.500 bits per heavy atom. The van der Waals surface area contributed by atoms with E-state index in [4.69, 9.17) is 14.2 Å². The van der Waals surface area contributed by atoms with E-state index in [0.717, 1.165) is 148 Å². The molecule has 0 aromatic carbocycles. The van der Waals surface area contributed by atoms with Gasteiger partial charge >= 0.3 is 17.9 Å². The van der Waals surface area contributed by atoms with E-state index in [1.807, 2.05) is 0 Å². The molecule has 0 aromatic heterocycles. The number of hydrogen-bond acceptors (Lipinski definition) is 6. The molecule has 1 unspecified atom stereocenters. The Labute approximate surface area is 482 Å². The minimum atomic E-state index is -0.795. The molecule has 78 heavy (non-hydrogen) atoms. The molecule has 6 heteroatoms. The third-order valence-corrected chi connectivity index (χ3v) is 13.7. The average molecular weight is 1080 g/mol. The fraction of sp³-hybridized carbons (Fsp3) is 0.681. The van der Waals surface area contributed by atoms with Crippen LogP contribution in [0.3, 0.4) is 0 Å². The predicted octanol–water partition coefficient (Wildman–Crippen LogP) is 22.4. The number of ether oxygens (including phenoxy) is 3. The van der Waals surface area contributed by atoms with Gasteiger partial charge < -0.3 is 14.2 Å². The number of carbonyl (C=O) groups excluding carboxylic acids is 3. The van der Waals surface area contributed by atoms with Crippen molar-refractivity contribution in [2.45, 2.75) is 303 Å². The zero-order chi connectivity index (χ0) is 56.4. The molecule has 0 radical (unpaired) electrons. The van der Waals surface area contributed by atoms with Crippen LogP contribution in [-0.4, -0.2) is 37.2 Å². The van der Waals surface area contributed by atoms with Crippen molar-refractivity contribution >= 4 is 17.9 Å². The minimum Gasteiger partial charge on any atom is -0.462 e. The lowest BCUT2D eigenvalue weighted by atomic mass is 10.1. The van der Waals surface area contributed by atoms with Gasteiger partial charge in [-0.2, -0.15) is 0 Å². The van der Waals surface area contributed by atoms with Gasteiger partial charge in [0.15, 0.2) is 6.10 Å². The summed E-state index contributed by atoms with van der Waals surface area (Å²) in [7, 11) is 0. The van der Waals surface area contributed by atoms with Gasteiger partial charge in [0.25, 0.3) is 0 Å². The highest BCUT2D eigenvalue weighted by Crippen LogP contribution is 2.15. The maximum absolute atomic E-state index is 12.9. The lowest BCUT2D eigenvalue weighted by Crippen LogP contribution is -2.30. The number of rotatable bonds is 58. The zero-order valence-electron chi connectivity index (χ0n) is 50.9. The summed E-state index contributed by atoms with van der Waals surface area (Å²) in [5.74, 6) is -0.915. The summed E-state index contributed by atoms with van der Waals surface area (Å²) in [5, 5.41) is 0. The first-order valence-corrected chi connectivity index (χ1v) is 32.5. The van der Waals surface area contributed by atoms with Gasteiger partial charge in [0.1, 0.15) is 13.2 Å². The third kappa shape index (κ3) is 62.7. The molecule has 0 rings (SSSR count). The van der Waals surface area contributed by atoms with Crippen molar-refractivity contribution in [3.05, 3.63) is 122 Å². The first-order chi connectivity index (χ1) is 38.5. The van der Waals surface area contributed by atoms with Crippen molar-refractivity contribution in [2.75, 3.05) is 13.2 Å². The molecule has 0 aromatic rings. The number of unbranched alkanes of at least 4 members (excludes halogenated alkanes) is 27. The zero-order valence-corrected chi connectivity index (χ0v) is 50.9. The lowest BCUT2D eigenvalue weighted by molar-refractivity contribution is -0.167. The summed E-state index contributed by atoms with van der Waals surface area (Å²) < 4.78 is 16.9. The Hall–Kier alpha value is -4.19. The second-order valence-electron chi connectivity index (χ2n) is 21.3. The molecule has 0 aliphatic rings. The Morgan fingerprint density at radius 3 is 0.795 bits per heavy atom. The summed E-state index contributed by atoms with van der Waals surface area (Å²) >= 11 is 0. The monoisotopic (exact) mass is 1080 g/mol. The van der Waals surface area contributed by atoms with Crippen LogP contribution >= 0.6 is 0 Å². The highest BCUT2D eigenvalue weighted by molar-refractivity contribution is 5.71. The number of allylic oxidation sites excluding steroid dienone is 20. The molecular weight excluding hydrogens is 961 g/mol. The number of hydrogen-bond donors (Lipinski definition) is 0. The van der Waals surface area contributed by atoms with Crippen LogP contribution in [0.5, 0.6) is 0 Å². The van der Waals surface area contributed by atoms with Gasteiger partial charge in [0, 0.05) is 19.3 Å². The van der Waals surface area contributed by atoms with E-state index in [0.29, 0.717) is 19.3 Å². The molecule has 0 bridgehead atoms. The van der Waals surface area contributed by atoms with Crippen molar-refractivity contribution in [3.8, 4) is 0 Å². The van der Waals surface area contributed by atoms with Crippen molar-refractivity contribution < 1.29 is 28.6 Å². The summed E-state index contributed by atoms with van der Waals surface area (Å²) in [6.45, 7) is 6.40. The molecule has 0 spiro atoms. The summed E-state index contributed by atoms with van der Waals surface area (Å²) in [6.07, 6.45) is 90.6. The van der Waals surface area contributed by atoms with Gasteiger partial charge in [0.2, 0.25) is 0 Å². The van der Waals surface area contributed by atoms with Gasteiger partial charge in [-0.3, -0.25) is 14.4 Å². The van der Waals surface area contributed by atoms with Gasteiger partial charge in [-0.05, 0) is 128 Å². The molecule has 0 saturated heterocycles. The standard InChI is InChI=1S/C72H120O6/c1-4-7-10-13-16-19-22-25-28-30-31-32-33-34-35-36-37-38-39-40-41-42-45-47-50-53-56-59-62-65-71(74)77-68-69(67-76-70(73)64-61-58-55-52-49-46-43-27-24-21-18-15-12-9-6-3)78-72(75)66-63-60-57-54-51-48-44-29-26-23-20-17-14-11-8-5-2/h7,9-10,12,16,18-19,21,25,27-29,31-32,34-35,37-38,43-44,69H,4-6,8,11,13-15,17,20,22-24,26,30,33,36,39-42,45-68H2,1-3H3/b10-7-,12-9-,19-16-,21-18-,28-25-,32-31-,35-34-,38-37-,43-27-,44-29-. The van der Waals surface area contributed by atoms with Crippen LogP contribution < -0.4 is 0 Å². The Balaban J connectivity index is 4.33. The second-order valence-corrected chi connectivity index (χ2v) is 21.3. The smallest absolute Gasteiger partial charge is 0.306 e. The fourth-order valence-corrected chi connectivity index (χ4v) is 8.87. The van der Waals surface area contributed by atoms with Crippen LogP contribution in [0.1, 0.15) is 297 Å². The Morgan fingerprint density at radius 1 is 0.269 bits per heavy atom. The molecule has 1 atom stereocenters. The van der Waals surface area contributed by atoms with Crippen LogP contribution in [0.2, 0.25) is 0 Å². The number of carbonyl (C=O) groups is 3. The molecule has 0 aliphatic carbocycles. The molecule has 6 nitrogen and oxygen atoms in total. The Kier molecular flexibility index (Phi) is 61.8. The van der Waals surface area contributed by atoms with Crippen molar-refractivity contribution in [3.63, 3.8) is 0 Å². The molecule has 0 aliphatic heterocycles. The highest BCUT2D eigenvalue weighted by atomic mass is 16.6. The van der Waals surface area contributed by atoms with Crippen LogP contribution in [0.25, 0.3) is 0 Å². The minimum absolute atomic E-state index is 0.0905. The van der Waals surface area contributed by atoms with E-state index in [1.165, 1.54) is 109 Å². The van der Waals surface area contributed by atoms with Gasteiger partial charge in [-0.1, -0.05) is 271 Å². The molecule has 0 heterocycles. The van der Waals surface area contributed by atoms with Crippen molar-refractivity contribution in [1.82, 2.24) is 0 Å². The van der Waals surface area contributed by atoms with E-state index in [1.54, 1.807) is 0 Å². The first kappa shape index (κ1) is 73.8. The van der Waals surface area contributed by atoms with E-state index >= 15 is 0 Å².